The molecule has 4 aromatic carbocycles. The van der Waals surface area contributed by atoms with Gasteiger partial charge in [-0.1, -0.05) is 60.7 Å². The second-order valence-electron chi connectivity index (χ2n) is 10.1. The number of benzene rings is 4. The molecule has 0 aliphatic rings. The quantitative estimate of drug-likeness (QED) is 0.204. The fourth-order valence-electron chi connectivity index (χ4n) is 5.92. The standard InChI is InChI=1S/C36H28N4/c1-25-30(19-21-37-2)31-7-3-5-9-34(31)39(25)28-15-11-26(12-16-28)23-27-13-17-29(18-14-27)40-35-10-6-4-8-32(35)33-20-22-38-24-36(33)40/h3-22,24H,2,23H2,1H3/b21-19-. The van der Waals surface area contributed by atoms with Gasteiger partial charge >= 0.3 is 0 Å². The first kappa shape index (κ1) is 23.9. The van der Waals surface area contributed by atoms with E-state index >= 15 is 0 Å². The summed E-state index contributed by atoms with van der Waals surface area (Å²) in [6, 6.07) is 36.9. The average Bonchev–Trinajstić information content (AvgIpc) is 3.48. The Bertz CT molecular complexity index is 1980. The van der Waals surface area contributed by atoms with E-state index < -0.39 is 0 Å². The second kappa shape index (κ2) is 9.83. The van der Waals surface area contributed by atoms with Gasteiger partial charge in [-0.2, -0.15) is 0 Å². The molecule has 0 N–H and O–H groups in total. The summed E-state index contributed by atoms with van der Waals surface area (Å²) in [6.45, 7) is 5.75. The Labute approximate surface area is 233 Å². The third-order valence-corrected chi connectivity index (χ3v) is 7.78. The van der Waals surface area contributed by atoms with E-state index in [0.717, 1.165) is 23.3 Å². The Morgan fingerprint density at radius 3 is 1.93 bits per heavy atom. The molecule has 0 saturated carbocycles. The molecule has 7 aromatic rings. The highest BCUT2D eigenvalue weighted by Gasteiger charge is 2.14. The third kappa shape index (κ3) is 3.93. The van der Waals surface area contributed by atoms with Crippen LogP contribution in [0.2, 0.25) is 0 Å². The van der Waals surface area contributed by atoms with Crippen LogP contribution in [0.4, 0.5) is 0 Å². The lowest BCUT2D eigenvalue weighted by Gasteiger charge is -2.11. The summed E-state index contributed by atoms with van der Waals surface area (Å²) < 4.78 is 4.62. The van der Waals surface area contributed by atoms with Gasteiger partial charge in [-0.05, 0) is 79.7 Å². The predicted molar refractivity (Wildman–Crippen MR) is 168 cm³/mol. The molecule has 4 heteroatoms. The molecule has 3 aromatic heterocycles. The van der Waals surface area contributed by atoms with Crippen molar-refractivity contribution in [3.63, 3.8) is 0 Å². The third-order valence-electron chi connectivity index (χ3n) is 7.78. The Hall–Kier alpha value is -5.22. The first-order valence-electron chi connectivity index (χ1n) is 13.5. The maximum atomic E-state index is 4.40. The van der Waals surface area contributed by atoms with E-state index in [2.05, 4.69) is 136 Å². The highest BCUT2D eigenvalue weighted by Crippen LogP contribution is 2.32. The smallest absolute Gasteiger partial charge is 0.0724 e. The van der Waals surface area contributed by atoms with Crippen LogP contribution in [0, 0.1) is 6.92 Å². The number of nitrogens with zero attached hydrogens (tertiary/aromatic N) is 4. The number of pyridine rings is 1. The van der Waals surface area contributed by atoms with Crippen LogP contribution in [0.5, 0.6) is 0 Å². The van der Waals surface area contributed by atoms with Crippen LogP contribution in [0.15, 0.2) is 127 Å². The Morgan fingerprint density at radius 1 is 0.675 bits per heavy atom. The van der Waals surface area contributed by atoms with Gasteiger partial charge in [0.2, 0.25) is 0 Å². The van der Waals surface area contributed by atoms with Gasteiger partial charge in [-0.3, -0.25) is 9.98 Å². The molecule has 192 valence electrons. The Kier molecular flexibility index (Phi) is 5.86. The SMILES string of the molecule is C=N/C=C\c1c(C)n(-c2ccc(Cc3ccc(-n4c5ccccc5c5ccncc54)cc3)cc2)c2ccccc12. The van der Waals surface area contributed by atoms with Gasteiger partial charge in [0, 0.05) is 51.2 Å². The Balaban J connectivity index is 1.18. The van der Waals surface area contributed by atoms with Crippen molar-refractivity contribution in [3.05, 3.63) is 144 Å². The molecule has 3 heterocycles. The predicted octanol–water partition coefficient (Wildman–Crippen LogP) is 8.69. The minimum Gasteiger partial charge on any atom is -0.313 e. The minimum atomic E-state index is 0.875. The number of aliphatic imine (C=N–C) groups is 1. The fraction of sp³-hybridized carbons (Fsp3) is 0.0556. The molecular formula is C36H28N4. The molecule has 0 fully saturated rings. The topological polar surface area (TPSA) is 35.1 Å². The lowest BCUT2D eigenvalue weighted by molar-refractivity contribution is 1.04. The largest absolute Gasteiger partial charge is 0.313 e. The lowest BCUT2D eigenvalue weighted by atomic mass is 10.0. The van der Waals surface area contributed by atoms with E-state index in [1.807, 2.05) is 18.5 Å². The van der Waals surface area contributed by atoms with Gasteiger partial charge in [0.1, 0.15) is 0 Å². The number of hydrogen-bond donors (Lipinski definition) is 0. The van der Waals surface area contributed by atoms with Gasteiger partial charge < -0.3 is 9.13 Å². The van der Waals surface area contributed by atoms with Crippen molar-refractivity contribution in [2.24, 2.45) is 4.99 Å². The van der Waals surface area contributed by atoms with E-state index in [1.54, 1.807) is 6.20 Å². The number of para-hydroxylation sites is 2. The molecule has 0 spiro atoms. The number of fused-ring (bicyclic) bond motifs is 4. The summed E-state index contributed by atoms with van der Waals surface area (Å²) in [5, 5.41) is 3.68. The van der Waals surface area contributed by atoms with Crippen LogP contribution in [-0.4, -0.2) is 20.8 Å². The van der Waals surface area contributed by atoms with E-state index in [0.29, 0.717) is 0 Å². The number of aromatic nitrogens is 3. The van der Waals surface area contributed by atoms with Gasteiger partial charge in [-0.15, -0.1) is 0 Å². The van der Waals surface area contributed by atoms with Crippen LogP contribution in [0.1, 0.15) is 22.4 Å². The highest BCUT2D eigenvalue weighted by molar-refractivity contribution is 6.08. The molecular weight excluding hydrogens is 488 g/mol. The van der Waals surface area contributed by atoms with Gasteiger partial charge in [0.05, 0.1) is 22.7 Å². The summed E-state index contributed by atoms with van der Waals surface area (Å²) in [5.74, 6) is 0. The molecule has 0 atom stereocenters. The van der Waals surface area contributed by atoms with Crippen LogP contribution in [0.3, 0.4) is 0 Å². The number of hydrogen-bond acceptors (Lipinski definition) is 2. The van der Waals surface area contributed by atoms with Gasteiger partial charge in [0.15, 0.2) is 0 Å². The maximum absolute atomic E-state index is 4.40. The number of rotatable bonds is 6. The first-order valence-corrected chi connectivity index (χ1v) is 13.5. The Morgan fingerprint density at radius 2 is 1.25 bits per heavy atom. The van der Waals surface area contributed by atoms with E-state index in [-0.39, 0.29) is 0 Å². The molecule has 4 nitrogen and oxygen atoms in total. The van der Waals surface area contributed by atoms with E-state index in [4.69, 9.17) is 0 Å². The monoisotopic (exact) mass is 516 g/mol. The summed E-state index contributed by atoms with van der Waals surface area (Å²) >= 11 is 0. The zero-order chi connectivity index (χ0) is 27.1. The summed E-state index contributed by atoms with van der Waals surface area (Å²) in [4.78, 5) is 8.32. The zero-order valence-electron chi connectivity index (χ0n) is 22.3. The van der Waals surface area contributed by atoms with Gasteiger partial charge in [-0.25, -0.2) is 0 Å². The summed E-state index contributed by atoms with van der Waals surface area (Å²) in [7, 11) is 0. The highest BCUT2D eigenvalue weighted by atomic mass is 15.0. The van der Waals surface area contributed by atoms with Crippen molar-refractivity contribution in [1.29, 1.82) is 0 Å². The van der Waals surface area contributed by atoms with Crippen molar-refractivity contribution in [2.75, 3.05) is 0 Å². The van der Waals surface area contributed by atoms with Crippen LogP contribution in [-0.2, 0) is 6.42 Å². The molecule has 0 bridgehead atoms. The van der Waals surface area contributed by atoms with Crippen LogP contribution < -0.4 is 0 Å². The first-order chi connectivity index (χ1) is 19.7. The molecule has 0 saturated heterocycles. The van der Waals surface area contributed by atoms with E-state index in [9.17, 15) is 0 Å². The second-order valence-corrected chi connectivity index (χ2v) is 10.1. The summed E-state index contributed by atoms with van der Waals surface area (Å²) in [6.07, 6.45) is 8.49. The van der Waals surface area contributed by atoms with Crippen LogP contribution in [0.25, 0.3) is 50.2 Å². The molecule has 0 aliphatic heterocycles. The van der Waals surface area contributed by atoms with Crippen molar-refractivity contribution in [1.82, 2.24) is 14.1 Å². The minimum absolute atomic E-state index is 0.875. The van der Waals surface area contributed by atoms with Crippen LogP contribution >= 0.6 is 0 Å². The molecule has 0 unspecified atom stereocenters. The van der Waals surface area contributed by atoms with Crippen molar-refractivity contribution >= 4 is 45.5 Å². The molecule has 0 amide bonds. The molecule has 40 heavy (non-hydrogen) atoms. The van der Waals surface area contributed by atoms with Crippen molar-refractivity contribution < 1.29 is 0 Å². The molecule has 7 rings (SSSR count). The fourth-order valence-corrected chi connectivity index (χ4v) is 5.92. The average molecular weight is 517 g/mol. The zero-order valence-corrected chi connectivity index (χ0v) is 22.3. The van der Waals surface area contributed by atoms with Gasteiger partial charge in [0.25, 0.3) is 0 Å². The van der Waals surface area contributed by atoms with Crippen molar-refractivity contribution in [2.45, 2.75) is 13.3 Å². The summed E-state index contributed by atoms with van der Waals surface area (Å²) in [5.41, 5.74) is 10.7. The van der Waals surface area contributed by atoms with Crippen molar-refractivity contribution in [3.8, 4) is 11.4 Å². The maximum Gasteiger partial charge on any atom is 0.0724 e. The normalized spacial score (nSPS) is 11.7. The lowest BCUT2D eigenvalue weighted by Crippen LogP contribution is -1.98. The molecule has 0 radical (unpaired) electrons. The molecule has 0 aliphatic carbocycles. The van der Waals surface area contributed by atoms with E-state index in [1.165, 1.54) is 49.6 Å².